The number of methoxy groups -OCH3 is 1. The molecule has 0 saturated heterocycles. The maximum Gasteiger partial charge on any atom is 0.308 e. The Labute approximate surface area is 195 Å². The van der Waals surface area contributed by atoms with Crippen LogP contribution in [0.1, 0.15) is 48.9 Å². The van der Waals surface area contributed by atoms with E-state index in [0.717, 1.165) is 46.8 Å². The van der Waals surface area contributed by atoms with Crippen molar-refractivity contribution in [2.24, 2.45) is 0 Å². The Morgan fingerprint density at radius 3 is 2.25 bits per heavy atom. The summed E-state index contributed by atoms with van der Waals surface area (Å²) in [5, 5.41) is 0.663. The van der Waals surface area contributed by atoms with E-state index in [0.29, 0.717) is 10.8 Å². The van der Waals surface area contributed by atoms with E-state index in [4.69, 9.17) is 21.1 Å². The molecule has 3 aromatic carbocycles. The smallest absolute Gasteiger partial charge is 0.308 e. The van der Waals surface area contributed by atoms with Crippen LogP contribution in [0.2, 0.25) is 5.02 Å². The van der Waals surface area contributed by atoms with Crippen molar-refractivity contribution in [3.8, 4) is 11.5 Å². The molecule has 0 fully saturated rings. The van der Waals surface area contributed by atoms with Crippen molar-refractivity contribution in [1.29, 1.82) is 0 Å². The monoisotopic (exact) mass is 451 g/mol. The summed E-state index contributed by atoms with van der Waals surface area (Å²) in [4.78, 5) is 14.2. The van der Waals surface area contributed by atoms with Gasteiger partial charge < -0.3 is 14.4 Å². The molecule has 0 aliphatic rings. The van der Waals surface area contributed by atoms with Crippen molar-refractivity contribution < 1.29 is 14.3 Å². The van der Waals surface area contributed by atoms with Crippen molar-refractivity contribution >= 4 is 23.3 Å². The van der Waals surface area contributed by atoms with Crippen LogP contribution in [0.25, 0.3) is 0 Å². The van der Waals surface area contributed by atoms with Crippen LogP contribution in [0.4, 0.5) is 5.69 Å². The lowest BCUT2D eigenvalue weighted by atomic mass is 9.83. The molecule has 0 aliphatic carbocycles. The predicted molar refractivity (Wildman–Crippen MR) is 131 cm³/mol. The highest BCUT2D eigenvalue weighted by atomic mass is 35.5. The number of anilines is 1. The fraction of sp³-hybridized carbons (Fsp3) is 0.296. The molecule has 5 heteroatoms. The summed E-state index contributed by atoms with van der Waals surface area (Å²) in [5.41, 5.74) is 4.79. The molecular weight excluding hydrogens is 422 g/mol. The Morgan fingerprint density at radius 1 is 0.969 bits per heavy atom. The van der Waals surface area contributed by atoms with Gasteiger partial charge in [0.2, 0.25) is 0 Å². The largest absolute Gasteiger partial charge is 0.496 e. The van der Waals surface area contributed by atoms with E-state index in [-0.39, 0.29) is 11.9 Å². The maximum absolute atomic E-state index is 12.0. The van der Waals surface area contributed by atoms with E-state index in [1.807, 2.05) is 49.4 Å². The summed E-state index contributed by atoms with van der Waals surface area (Å²) in [6.07, 6.45) is 0. The summed E-state index contributed by atoms with van der Waals surface area (Å²) in [5.74, 6) is 0.685. The van der Waals surface area contributed by atoms with Crippen LogP contribution in [0.15, 0.2) is 60.7 Å². The first-order valence-corrected chi connectivity index (χ1v) is 11.2. The van der Waals surface area contributed by atoms with E-state index in [2.05, 4.69) is 36.9 Å². The molecule has 168 valence electrons. The van der Waals surface area contributed by atoms with Crippen LogP contribution in [0, 0.1) is 6.92 Å². The molecule has 0 N–H and O–H groups in total. The molecule has 0 aliphatic heterocycles. The molecule has 3 rings (SSSR count). The first-order chi connectivity index (χ1) is 15.4. The molecule has 0 bridgehead atoms. The van der Waals surface area contributed by atoms with Crippen molar-refractivity contribution in [2.75, 3.05) is 25.1 Å². The van der Waals surface area contributed by atoms with Gasteiger partial charge in [-0.15, -0.1) is 0 Å². The lowest BCUT2D eigenvalue weighted by Crippen LogP contribution is -2.22. The van der Waals surface area contributed by atoms with Crippen molar-refractivity contribution in [3.05, 3.63) is 87.9 Å². The van der Waals surface area contributed by atoms with Crippen LogP contribution >= 0.6 is 11.6 Å². The Hall–Kier alpha value is -2.98. The third-order valence-electron chi connectivity index (χ3n) is 5.65. The van der Waals surface area contributed by atoms with Gasteiger partial charge in [-0.2, -0.15) is 0 Å². The minimum atomic E-state index is -0.358. The van der Waals surface area contributed by atoms with Gasteiger partial charge in [-0.25, -0.2) is 0 Å². The van der Waals surface area contributed by atoms with Gasteiger partial charge in [0, 0.05) is 53.8 Å². The van der Waals surface area contributed by atoms with E-state index < -0.39 is 0 Å². The molecule has 0 aromatic heterocycles. The highest BCUT2D eigenvalue weighted by Crippen LogP contribution is 2.43. The molecule has 32 heavy (non-hydrogen) atoms. The lowest BCUT2D eigenvalue weighted by Gasteiger charge is -2.26. The number of ether oxygens (including phenoxy) is 2. The third-order valence-corrected chi connectivity index (χ3v) is 6.05. The number of esters is 1. The van der Waals surface area contributed by atoms with E-state index >= 15 is 0 Å². The van der Waals surface area contributed by atoms with Gasteiger partial charge in [-0.05, 0) is 50.1 Å². The second kappa shape index (κ2) is 10.6. The fourth-order valence-corrected chi connectivity index (χ4v) is 4.21. The number of benzene rings is 3. The second-order valence-electron chi connectivity index (χ2n) is 7.68. The number of carbonyl (C=O) groups excluding carboxylic acids is 1. The summed E-state index contributed by atoms with van der Waals surface area (Å²) >= 11 is 6.54. The third kappa shape index (κ3) is 5.08. The molecular formula is C27H30ClNO3. The van der Waals surface area contributed by atoms with Crippen molar-refractivity contribution in [2.45, 2.75) is 33.6 Å². The first-order valence-electron chi connectivity index (χ1n) is 10.9. The minimum Gasteiger partial charge on any atom is -0.496 e. The number of hydrogen-bond donors (Lipinski definition) is 0. The minimum absolute atomic E-state index is 0.232. The fourth-order valence-electron chi connectivity index (χ4n) is 4.04. The van der Waals surface area contributed by atoms with E-state index in [9.17, 15) is 4.79 Å². The zero-order valence-electron chi connectivity index (χ0n) is 19.3. The topological polar surface area (TPSA) is 38.8 Å². The highest BCUT2D eigenvalue weighted by Gasteiger charge is 2.26. The van der Waals surface area contributed by atoms with Crippen LogP contribution in [0.5, 0.6) is 11.5 Å². The Bertz CT molecular complexity index is 1080. The average molecular weight is 452 g/mol. The van der Waals surface area contributed by atoms with Crippen LogP contribution in [0.3, 0.4) is 0 Å². The highest BCUT2D eigenvalue weighted by molar-refractivity contribution is 6.31. The molecule has 1 unspecified atom stereocenters. The van der Waals surface area contributed by atoms with Gasteiger partial charge in [0.1, 0.15) is 11.5 Å². The number of hydrogen-bond acceptors (Lipinski definition) is 4. The Morgan fingerprint density at radius 2 is 1.66 bits per heavy atom. The first kappa shape index (κ1) is 23.7. The van der Waals surface area contributed by atoms with Gasteiger partial charge in [0.15, 0.2) is 0 Å². The molecule has 0 heterocycles. The van der Waals surface area contributed by atoms with Crippen LogP contribution < -0.4 is 14.4 Å². The number of rotatable bonds is 8. The normalized spacial score (nSPS) is 11.7. The Balaban J connectivity index is 2.29. The van der Waals surface area contributed by atoms with Crippen molar-refractivity contribution in [3.63, 3.8) is 0 Å². The SMILES string of the molecule is CCN(CC)c1ccc(C(c2ccccc2)c2cc(Cl)c(C)cc2OC)c(OC(C)=O)c1. The zero-order chi connectivity index (χ0) is 23.3. The quantitative estimate of drug-likeness (QED) is 0.219. The molecule has 1 atom stereocenters. The van der Waals surface area contributed by atoms with Gasteiger partial charge in [-0.1, -0.05) is 48.0 Å². The molecule has 0 amide bonds. The number of halogens is 1. The van der Waals surface area contributed by atoms with E-state index in [1.54, 1.807) is 7.11 Å². The molecule has 4 nitrogen and oxygen atoms in total. The summed E-state index contributed by atoms with van der Waals surface area (Å²) < 4.78 is 11.5. The molecule has 0 saturated carbocycles. The lowest BCUT2D eigenvalue weighted by molar-refractivity contribution is -0.131. The number of carbonyl (C=O) groups is 1. The molecule has 3 aromatic rings. The zero-order valence-corrected chi connectivity index (χ0v) is 20.1. The summed E-state index contributed by atoms with van der Waals surface area (Å²) in [6.45, 7) is 9.31. The van der Waals surface area contributed by atoms with E-state index in [1.165, 1.54) is 6.92 Å². The summed E-state index contributed by atoms with van der Waals surface area (Å²) in [6, 6.07) is 20.1. The predicted octanol–water partition coefficient (Wildman–Crippen LogP) is 6.61. The standard InChI is InChI=1S/C27H30ClNO3/c1-6-29(7-2)21-13-14-22(26(16-21)32-19(4)30)27(20-11-9-8-10-12-20)23-17-24(28)18(3)15-25(23)31-5/h8-17,27H,6-7H2,1-5H3. The van der Waals surface area contributed by atoms with Crippen molar-refractivity contribution in [1.82, 2.24) is 0 Å². The average Bonchev–Trinajstić information content (AvgIpc) is 2.78. The van der Waals surface area contributed by atoms with Gasteiger partial charge >= 0.3 is 5.97 Å². The maximum atomic E-state index is 12.0. The number of aryl methyl sites for hydroxylation is 1. The molecule has 0 spiro atoms. The molecule has 0 radical (unpaired) electrons. The van der Waals surface area contributed by atoms with Gasteiger partial charge in [0.05, 0.1) is 7.11 Å². The summed E-state index contributed by atoms with van der Waals surface area (Å²) in [7, 11) is 1.66. The van der Waals surface area contributed by atoms with Crippen LogP contribution in [-0.2, 0) is 4.79 Å². The van der Waals surface area contributed by atoms with Crippen LogP contribution in [-0.4, -0.2) is 26.2 Å². The number of nitrogens with zero attached hydrogens (tertiary/aromatic N) is 1. The van der Waals surface area contributed by atoms with Gasteiger partial charge in [0.25, 0.3) is 0 Å². The second-order valence-corrected chi connectivity index (χ2v) is 8.08. The van der Waals surface area contributed by atoms with Gasteiger partial charge in [-0.3, -0.25) is 4.79 Å². The Kier molecular flexibility index (Phi) is 7.81.